The van der Waals surface area contributed by atoms with Gasteiger partial charge in [-0.05, 0) is 18.6 Å². The number of halogens is 3. The van der Waals surface area contributed by atoms with Crippen molar-refractivity contribution in [2.75, 3.05) is 0 Å². The molecule has 4 rings (SSSR count). The predicted molar refractivity (Wildman–Crippen MR) is 121 cm³/mol. The van der Waals surface area contributed by atoms with Gasteiger partial charge in [-0.25, -0.2) is 23.5 Å². The molecule has 34 heavy (non-hydrogen) atoms. The van der Waals surface area contributed by atoms with Crippen LogP contribution in [0.15, 0.2) is 46.1 Å². The molecule has 1 unspecified atom stereocenters. The molecule has 0 spiro atoms. The molecule has 0 fully saturated rings. The molecular formula is C22H20ClF2N5O4. The number of imidazole rings is 1. The molecule has 0 bridgehead atoms. The van der Waals surface area contributed by atoms with Gasteiger partial charge in [0.2, 0.25) is 5.88 Å². The Morgan fingerprint density at radius 1 is 1.24 bits per heavy atom. The van der Waals surface area contributed by atoms with Crippen molar-refractivity contribution in [2.24, 2.45) is 7.05 Å². The van der Waals surface area contributed by atoms with Gasteiger partial charge in [0, 0.05) is 24.4 Å². The van der Waals surface area contributed by atoms with Crippen LogP contribution in [0.5, 0.6) is 5.88 Å². The fourth-order valence-corrected chi connectivity index (χ4v) is 3.72. The molecule has 1 atom stereocenters. The number of hydrogen-bond donors (Lipinski definition) is 2. The van der Waals surface area contributed by atoms with E-state index in [4.69, 9.17) is 16.3 Å². The molecular weight excluding hydrogens is 472 g/mol. The number of nitrogens with zero attached hydrogens (tertiary/aromatic N) is 4. The predicted octanol–water partition coefficient (Wildman–Crippen LogP) is 3.04. The van der Waals surface area contributed by atoms with Crippen LogP contribution in [-0.4, -0.2) is 35.3 Å². The first-order valence-corrected chi connectivity index (χ1v) is 10.6. The van der Waals surface area contributed by atoms with Gasteiger partial charge >= 0.3 is 5.69 Å². The lowest BCUT2D eigenvalue weighted by molar-refractivity contribution is 0.151. The van der Waals surface area contributed by atoms with Crippen LogP contribution in [0.2, 0.25) is 5.02 Å². The Balaban J connectivity index is 1.64. The highest BCUT2D eigenvalue weighted by molar-refractivity contribution is 6.32. The standard InChI is InChI=1S/C22H20ClF2N5O4/c1-11(31)9-30-19-16(20(32)28-22(30)33)29(2)18(27-19)14-7-15(23)21(26-8-14)34-10-12-3-5-13(6-4-12)17(24)25/h3-8,11,17,31H,9-10H2,1-2H3,(H,28,32,33). The van der Waals surface area contributed by atoms with Crippen molar-refractivity contribution in [3.63, 3.8) is 0 Å². The van der Waals surface area contributed by atoms with Gasteiger partial charge in [-0.2, -0.15) is 0 Å². The Morgan fingerprint density at radius 3 is 2.56 bits per heavy atom. The molecule has 12 heteroatoms. The number of alkyl halides is 2. The van der Waals surface area contributed by atoms with Crippen LogP contribution < -0.4 is 16.0 Å². The number of ether oxygens (including phenoxy) is 1. The summed E-state index contributed by atoms with van der Waals surface area (Å²) in [6.07, 6.45) is -1.93. The van der Waals surface area contributed by atoms with E-state index in [0.717, 1.165) is 0 Å². The molecule has 0 saturated heterocycles. The molecule has 4 aromatic rings. The number of nitrogens with one attached hydrogen (secondary N) is 1. The maximum Gasteiger partial charge on any atom is 0.330 e. The fraction of sp³-hybridized carbons (Fsp3) is 0.273. The summed E-state index contributed by atoms with van der Waals surface area (Å²) in [5.74, 6) is 0.458. The lowest BCUT2D eigenvalue weighted by atomic mass is 10.1. The highest BCUT2D eigenvalue weighted by Gasteiger charge is 2.19. The second kappa shape index (κ2) is 9.35. The maximum absolute atomic E-state index is 12.7. The van der Waals surface area contributed by atoms with Crippen molar-refractivity contribution in [3.8, 4) is 17.3 Å². The zero-order valence-corrected chi connectivity index (χ0v) is 18.9. The average molecular weight is 492 g/mol. The zero-order valence-electron chi connectivity index (χ0n) is 18.1. The Morgan fingerprint density at radius 2 is 1.94 bits per heavy atom. The van der Waals surface area contributed by atoms with Gasteiger partial charge in [0.25, 0.3) is 12.0 Å². The monoisotopic (exact) mass is 491 g/mol. The average Bonchev–Trinajstić information content (AvgIpc) is 3.13. The van der Waals surface area contributed by atoms with E-state index in [1.165, 1.54) is 46.5 Å². The number of benzene rings is 1. The zero-order chi connectivity index (χ0) is 24.6. The van der Waals surface area contributed by atoms with Crippen molar-refractivity contribution < 1.29 is 18.6 Å². The van der Waals surface area contributed by atoms with Gasteiger partial charge in [-0.1, -0.05) is 35.9 Å². The molecule has 0 aliphatic rings. The third-order valence-electron chi connectivity index (χ3n) is 5.13. The number of aryl methyl sites for hydroxylation is 1. The van der Waals surface area contributed by atoms with Gasteiger partial charge in [0.1, 0.15) is 17.5 Å². The summed E-state index contributed by atoms with van der Waals surface area (Å²) >= 11 is 6.34. The molecule has 0 saturated carbocycles. The van der Waals surface area contributed by atoms with Gasteiger partial charge in [-0.15, -0.1) is 0 Å². The van der Waals surface area contributed by atoms with Crippen molar-refractivity contribution in [3.05, 3.63) is 73.5 Å². The SMILES string of the molecule is CC(O)Cn1c(=O)[nH]c(=O)c2c1nc(-c1cnc(OCc3ccc(C(F)F)cc3)c(Cl)c1)n2C. The molecule has 0 radical (unpaired) electrons. The smallest absolute Gasteiger partial charge is 0.330 e. The second-order valence-corrected chi connectivity index (χ2v) is 8.13. The number of aromatic nitrogens is 5. The van der Waals surface area contributed by atoms with Crippen molar-refractivity contribution in [2.45, 2.75) is 32.6 Å². The second-order valence-electron chi connectivity index (χ2n) is 7.73. The van der Waals surface area contributed by atoms with Gasteiger partial charge in [0.15, 0.2) is 11.2 Å². The summed E-state index contributed by atoms with van der Waals surface area (Å²) in [5.41, 5.74) is 0.0356. The molecule has 0 aliphatic heterocycles. The minimum atomic E-state index is -2.54. The summed E-state index contributed by atoms with van der Waals surface area (Å²) in [7, 11) is 1.61. The summed E-state index contributed by atoms with van der Waals surface area (Å²) < 4.78 is 33.7. The number of aromatic amines is 1. The van der Waals surface area contributed by atoms with E-state index < -0.39 is 23.8 Å². The normalized spacial score (nSPS) is 12.4. The molecule has 3 heterocycles. The van der Waals surface area contributed by atoms with E-state index in [9.17, 15) is 23.5 Å². The van der Waals surface area contributed by atoms with Crippen molar-refractivity contribution in [1.82, 2.24) is 24.1 Å². The topological polar surface area (TPSA) is 115 Å². The van der Waals surface area contributed by atoms with Crippen LogP contribution in [0.25, 0.3) is 22.6 Å². The van der Waals surface area contributed by atoms with Crippen LogP contribution in [0.1, 0.15) is 24.5 Å². The van der Waals surface area contributed by atoms with Crippen molar-refractivity contribution in [1.29, 1.82) is 0 Å². The van der Waals surface area contributed by atoms with Crippen LogP contribution in [-0.2, 0) is 20.2 Å². The quantitative estimate of drug-likeness (QED) is 0.410. The van der Waals surface area contributed by atoms with Gasteiger partial charge in [0.05, 0.1) is 12.6 Å². The van der Waals surface area contributed by atoms with Crippen LogP contribution in [0.4, 0.5) is 8.78 Å². The highest BCUT2D eigenvalue weighted by Crippen LogP contribution is 2.29. The number of fused-ring (bicyclic) bond motifs is 1. The lowest BCUT2D eigenvalue weighted by Crippen LogP contribution is -2.33. The third kappa shape index (κ3) is 4.57. The first-order chi connectivity index (χ1) is 16.2. The Bertz CT molecular complexity index is 1460. The first-order valence-electron chi connectivity index (χ1n) is 10.2. The van der Waals surface area contributed by atoms with E-state index in [1.807, 2.05) is 0 Å². The van der Waals surface area contributed by atoms with Gasteiger partial charge in [-0.3, -0.25) is 14.3 Å². The molecule has 0 aliphatic carbocycles. The van der Waals surface area contributed by atoms with Gasteiger partial charge < -0.3 is 14.4 Å². The minimum Gasteiger partial charge on any atom is -0.472 e. The molecule has 9 nitrogen and oxygen atoms in total. The molecule has 0 amide bonds. The third-order valence-corrected chi connectivity index (χ3v) is 5.40. The molecule has 178 valence electrons. The van der Waals surface area contributed by atoms with Crippen LogP contribution in [0, 0.1) is 0 Å². The van der Waals surface area contributed by atoms with E-state index >= 15 is 0 Å². The number of rotatable bonds is 7. The Kier molecular flexibility index (Phi) is 6.49. The first kappa shape index (κ1) is 23.6. The number of aliphatic hydroxyl groups excluding tert-OH is 1. The maximum atomic E-state index is 12.7. The van der Waals surface area contributed by atoms with E-state index in [1.54, 1.807) is 13.1 Å². The summed E-state index contributed by atoms with van der Waals surface area (Å²) in [4.78, 5) is 35.5. The molecule has 1 aromatic carbocycles. The number of pyridine rings is 1. The molecule has 3 aromatic heterocycles. The van der Waals surface area contributed by atoms with Crippen molar-refractivity contribution >= 4 is 22.8 Å². The highest BCUT2D eigenvalue weighted by atomic mass is 35.5. The van der Waals surface area contributed by atoms with E-state index in [-0.39, 0.29) is 40.8 Å². The summed E-state index contributed by atoms with van der Waals surface area (Å²) in [5, 5.41) is 9.90. The number of aliphatic hydroxyl groups is 1. The van der Waals surface area contributed by atoms with E-state index in [2.05, 4.69) is 15.0 Å². The largest absolute Gasteiger partial charge is 0.472 e. The Labute approximate surface area is 196 Å². The molecule has 2 N–H and O–H groups in total. The van der Waals surface area contributed by atoms with Crippen LogP contribution >= 0.6 is 11.6 Å². The fourth-order valence-electron chi connectivity index (χ4n) is 3.50. The minimum absolute atomic E-state index is 0.0490. The Hall–Kier alpha value is -3.57. The number of hydrogen-bond acceptors (Lipinski definition) is 6. The summed E-state index contributed by atoms with van der Waals surface area (Å²) in [6, 6.07) is 7.27. The summed E-state index contributed by atoms with van der Waals surface area (Å²) in [6.45, 7) is 1.54. The van der Waals surface area contributed by atoms with Crippen LogP contribution in [0.3, 0.4) is 0 Å². The number of H-pyrrole nitrogens is 1. The van der Waals surface area contributed by atoms with E-state index in [0.29, 0.717) is 17.0 Å². The lowest BCUT2D eigenvalue weighted by Gasteiger charge is -2.09.